The molecule has 0 aliphatic heterocycles. The first-order valence-corrected chi connectivity index (χ1v) is 10.7. The number of hydrogen-bond acceptors (Lipinski definition) is 5. The summed E-state index contributed by atoms with van der Waals surface area (Å²) in [6.45, 7) is 12.7. The van der Waals surface area contributed by atoms with Gasteiger partial charge in [0.25, 0.3) is 5.91 Å². The van der Waals surface area contributed by atoms with E-state index in [2.05, 4.69) is 73.0 Å². The molecule has 0 fully saturated rings. The molecule has 1 amide bonds. The van der Waals surface area contributed by atoms with E-state index in [0.717, 1.165) is 12.1 Å². The first-order valence-electron chi connectivity index (χ1n) is 10.7. The lowest BCUT2D eigenvalue weighted by Gasteiger charge is -2.31. The molecule has 2 heterocycles. The number of pyridine rings is 1. The van der Waals surface area contributed by atoms with Gasteiger partial charge in [-0.15, -0.1) is 0 Å². The van der Waals surface area contributed by atoms with E-state index in [4.69, 9.17) is 4.42 Å². The SMILES string of the molecule is Cc1ccc(C)c(CN(Cc2nc(C(=O)NCc3cccnc3)co2)C(C)C(C)C)c1. The Balaban J connectivity index is 1.69. The van der Waals surface area contributed by atoms with Crippen LogP contribution in [0.3, 0.4) is 0 Å². The molecular formula is C25H32N4O2. The average molecular weight is 421 g/mol. The van der Waals surface area contributed by atoms with Crippen molar-refractivity contribution in [2.45, 2.75) is 60.3 Å². The average Bonchev–Trinajstić information content (AvgIpc) is 3.23. The molecule has 6 nitrogen and oxygen atoms in total. The number of oxazole rings is 1. The Kier molecular flexibility index (Phi) is 7.58. The minimum Gasteiger partial charge on any atom is -0.447 e. The minimum atomic E-state index is -0.253. The molecule has 0 saturated heterocycles. The lowest BCUT2D eigenvalue weighted by molar-refractivity contribution is 0.0945. The second kappa shape index (κ2) is 10.4. The predicted molar refractivity (Wildman–Crippen MR) is 121 cm³/mol. The number of carbonyl (C=O) groups is 1. The highest BCUT2D eigenvalue weighted by molar-refractivity contribution is 5.91. The molecule has 3 rings (SSSR count). The third kappa shape index (κ3) is 6.25. The van der Waals surface area contributed by atoms with E-state index < -0.39 is 0 Å². The fraction of sp³-hybridized carbons (Fsp3) is 0.400. The van der Waals surface area contributed by atoms with Crippen molar-refractivity contribution in [2.75, 3.05) is 0 Å². The fourth-order valence-corrected chi connectivity index (χ4v) is 3.39. The van der Waals surface area contributed by atoms with Gasteiger partial charge in [0.2, 0.25) is 5.89 Å². The topological polar surface area (TPSA) is 71.3 Å². The first kappa shape index (κ1) is 22.7. The van der Waals surface area contributed by atoms with Gasteiger partial charge in [0.15, 0.2) is 5.69 Å². The summed E-state index contributed by atoms with van der Waals surface area (Å²) >= 11 is 0. The highest BCUT2D eigenvalue weighted by Gasteiger charge is 2.22. The van der Waals surface area contributed by atoms with E-state index in [1.54, 1.807) is 12.4 Å². The van der Waals surface area contributed by atoms with Crippen LogP contribution in [0.4, 0.5) is 0 Å². The van der Waals surface area contributed by atoms with Gasteiger partial charge < -0.3 is 9.73 Å². The predicted octanol–water partition coefficient (Wildman–Crippen LogP) is 4.66. The summed E-state index contributed by atoms with van der Waals surface area (Å²) in [5, 5.41) is 2.86. The molecule has 6 heteroatoms. The minimum absolute atomic E-state index is 0.253. The Hall–Kier alpha value is -2.99. The second-order valence-electron chi connectivity index (χ2n) is 8.49. The van der Waals surface area contributed by atoms with Crippen LogP contribution in [-0.2, 0) is 19.6 Å². The number of aromatic nitrogens is 2. The van der Waals surface area contributed by atoms with Gasteiger partial charge in [0.05, 0.1) is 6.54 Å². The molecule has 0 bridgehead atoms. The summed E-state index contributed by atoms with van der Waals surface area (Å²) in [5.74, 6) is 0.767. The van der Waals surface area contributed by atoms with Crippen molar-refractivity contribution < 1.29 is 9.21 Å². The lowest BCUT2D eigenvalue weighted by atomic mass is 10.0. The van der Waals surface area contributed by atoms with Gasteiger partial charge in [-0.05, 0) is 49.4 Å². The van der Waals surface area contributed by atoms with E-state index in [-0.39, 0.29) is 5.91 Å². The summed E-state index contributed by atoms with van der Waals surface area (Å²) < 4.78 is 5.66. The number of carbonyl (C=O) groups excluding carboxylic acids is 1. The third-order valence-electron chi connectivity index (χ3n) is 5.72. The van der Waals surface area contributed by atoms with Crippen LogP contribution in [0.5, 0.6) is 0 Å². The number of amides is 1. The van der Waals surface area contributed by atoms with E-state index in [9.17, 15) is 4.79 Å². The molecule has 0 saturated carbocycles. The van der Waals surface area contributed by atoms with Gasteiger partial charge in [0.1, 0.15) is 6.26 Å². The van der Waals surface area contributed by atoms with Crippen molar-refractivity contribution in [1.82, 2.24) is 20.2 Å². The molecule has 1 unspecified atom stereocenters. The summed E-state index contributed by atoms with van der Waals surface area (Å²) in [7, 11) is 0. The number of rotatable bonds is 9. The Morgan fingerprint density at radius 1 is 1.16 bits per heavy atom. The molecule has 0 spiro atoms. The highest BCUT2D eigenvalue weighted by atomic mass is 16.3. The summed E-state index contributed by atoms with van der Waals surface area (Å²) in [6.07, 6.45) is 4.87. The van der Waals surface area contributed by atoms with Crippen LogP contribution in [-0.4, -0.2) is 26.8 Å². The number of benzene rings is 1. The first-order chi connectivity index (χ1) is 14.8. The lowest BCUT2D eigenvalue weighted by Crippen LogP contribution is -2.36. The maximum atomic E-state index is 12.5. The molecule has 31 heavy (non-hydrogen) atoms. The molecular weight excluding hydrogens is 388 g/mol. The Labute approximate surface area is 184 Å². The molecule has 2 aromatic heterocycles. The van der Waals surface area contributed by atoms with Crippen molar-refractivity contribution in [2.24, 2.45) is 5.92 Å². The van der Waals surface area contributed by atoms with Crippen LogP contribution in [0.2, 0.25) is 0 Å². The van der Waals surface area contributed by atoms with Crippen molar-refractivity contribution in [1.29, 1.82) is 0 Å². The number of nitrogens with one attached hydrogen (secondary N) is 1. The summed E-state index contributed by atoms with van der Waals surface area (Å²) in [5.41, 5.74) is 5.05. The summed E-state index contributed by atoms with van der Waals surface area (Å²) in [6, 6.07) is 10.6. The van der Waals surface area contributed by atoms with Crippen LogP contribution in [0, 0.1) is 19.8 Å². The normalized spacial score (nSPS) is 12.4. The zero-order chi connectivity index (χ0) is 22.4. The third-order valence-corrected chi connectivity index (χ3v) is 5.72. The summed E-state index contributed by atoms with van der Waals surface area (Å²) in [4.78, 5) is 23.3. The molecule has 1 aromatic carbocycles. The zero-order valence-electron chi connectivity index (χ0n) is 19.1. The Morgan fingerprint density at radius 3 is 2.68 bits per heavy atom. The van der Waals surface area contributed by atoms with Gasteiger partial charge in [-0.3, -0.25) is 14.7 Å². The standard InChI is InChI=1S/C25H32N4O2/c1-17(2)20(5)29(14-22-11-18(3)8-9-19(22)4)15-24-28-23(16-31-24)25(30)27-13-21-7-6-10-26-12-21/h6-12,16-17,20H,13-15H2,1-5H3,(H,27,30). The molecule has 0 aliphatic carbocycles. The van der Waals surface area contributed by atoms with Crippen molar-refractivity contribution in [3.05, 3.63) is 82.8 Å². The highest BCUT2D eigenvalue weighted by Crippen LogP contribution is 2.20. The number of aryl methyl sites for hydroxylation is 2. The van der Waals surface area contributed by atoms with Gasteiger partial charge in [0, 0.05) is 31.5 Å². The van der Waals surface area contributed by atoms with Gasteiger partial charge >= 0.3 is 0 Å². The largest absolute Gasteiger partial charge is 0.447 e. The molecule has 3 aromatic rings. The molecule has 1 N–H and O–H groups in total. The van der Waals surface area contributed by atoms with E-state index >= 15 is 0 Å². The van der Waals surface area contributed by atoms with Gasteiger partial charge in [-0.2, -0.15) is 0 Å². The number of nitrogens with zero attached hydrogens (tertiary/aromatic N) is 3. The van der Waals surface area contributed by atoms with Crippen LogP contribution in [0.25, 0.3) is 0 Å². The van der Waals surface area contributed by atoms with Crippen LogP contribution >= 0.6 is 0 Å². The second-order valence-corrected chi connectivity index (χ2v) is 8.49. The van der Waals surface area contributed by atoms with Crippen molar-refractivity contribution in [3.63, 3.8) is 0 Å². The maximum Gasteiger partial charge on any atom is 0.273 e. The van der Waals surface area contributed by atoms with E-state index in [0.29, 0.717) is 36.6 Å². The van der Waals surface area contributed by atoms with Crippen molar-refractivity contribution in [3.8, 4) is 0 Å². The molecule has 1 atom stereocenters. The Bertz CT molecular complexity index is 998. The molecule has 0 aliphatic rings. The Morgan fingerprint density at radius 2 is 1.97 bits per heavy atom. The quantitative estimate of drug-likeness (QED) is 0.545. The van der Waals surface area contributed by atoms with Gasteiger partial charge in [-0.25, -0.2) is 4.98 Å². The van der Waals surface area contributed by atoms with Gasteiger partial charge in [-0.1, -0.05) is 43.7 Å². The zero-order valence-corrected chi connectivity index (χ0v) is 19.1. The van der Waals surface area contributed by atoms with E-state index in [1.807, 2.05) is 12.1 Å². The monoisotopic (exact) mass is 420 g/mol. The molecule has 164 valence electrons. The van der Waals surface area contributed by atoms with Crippen LogP contribution in [0.15, 0.2) is 53.4 Å². The van der Waals surface area contributed by atoms with Crippen molar-refractivity contribution >= 4 is 5.91 Å². The smallest absolute Gasteiger partial charge is 0.273 e. The maximum absolute atomic E-state index is 12.5. The van der Waals surface area contributed by atoms with E-state index in [1.165, 1.54) is 23.0 Å². The number of hydrogen-bond donors (Lipinski definition) is 1. The van der Waals surface area contributed by atoms with Crippen LogP contribution in [0.1, 0.15) is 59.4 Å². The molecule has 0 radical (unpaired) electrons. The van der Waals surface area contributed by atoms with Crippen LogP contribution < -0.4 is 5.32 Å². The fourth-order valence-electron chi connectivity index (χ4n) is 3.39.